The molecule has 1 unspecified atom stereocenters. The second-order valence-corrected chi connectivity index (χ2v) is 2.57. The van der Waals surface area contributed by atoms with Gasteiger partial charge in [0.2, 0.25) is 0 Å². The molecule has 0 spiro atoms. The van der Waals surface area contributed by atoms with Crippen LogP contribution in [0.5, 0.6) is 0 Å². The molecular weight excluding hydrogens is 126 g/mol. The van der Waals surface area contributed by atoms with Crippen LogP contribution in [0.15, 0.2) is 12.2 Å². The first-order valence-electron chi connectivity index (χ1n) is 3.90. The lowest BCUT2D eigenvalue weighted by molar-refractivity contribution is 0.0530. The van der Waals surface area contributed by atoms with Crippen LogP contribution < -0.4 is 5.73 Å². The van der Waals surface area contributed by atoms with Crippen molar-refractivity contribution in [3.05, 3.63) is 12.2 Å². The van der Waals surface area contributed by atoms with Crippen molar-refractivity contribution in [2.75, 3.05) is 13.2 Å². The lowest BCUT2D eigenvalue weighted by atomic mass is 10.1. The summed E-state index contributed by atoms with van der Waals surface area (Å²) in [7, 11) is 0. The minimum Gasteiger partial charge on any atom is -0.377 e. The van der Waals surface area contributed by atoms with Gasteiger partial charge in [0, 0.05) is 6.54 Å². The summed E-state index contributed by atoms with van der Waals surface area (Å²) in [6, 6.07) is 0. The standard InChI is InChI=1S/C8H15NO/c9-6-7-10-8-4-2-1-3-5-8/h1-2,8H,3-7,9H2. The number of rotatable bonds is 3. The summed E-state index contributed by atoms with van der Waals surface area (Å²) in [5.41, 5.74) is 5.30. The van der Waals surface area contributed by atoms with Crippen molar-refractivity contribution >= 4 is 0 Å². The van der Waals surface area contributed by atoms with Crippen molar-refractivity contribution in [1.29, 1.82) is 0 Å². The van der Waals surface area contributed by atoms with Gasteiger partial charge in [0.1, 0.15) is 0 Å². The van der Waals surface area contributed by atoms with Crippen molar-refractivity contribution in [3.63, 3.8) is 0 Å². The van der Waals surface area contributed by atoms with E-state index in [9.17, 15) is 0 Å². The molecule has 0 fully saturated rings. The number of nitrogens with two attached hydrogens (primary N) is 1. The van der Waals surface area contributed by atoms with Crippen LogP contribution in [0.3, 0.4) is 0 Å². The van der Waals surface area contributed by atoms with Gasteiger partial charge in [-0.25, -0.2) is 0 Å². The number of hydrogen-bond acceptors (Lipinski definition) is 2. The van der Waals surface area contributed by atoms with Crippen LogP contribution in [0.2, 0.25) is 0 Å². The molecule has 0 bridgehead atoms. The smallest absolute Gasteiger partial charge is 0.0613 e. The van der Waals surface area contributed by atoms with Gasteiger partial charge < -0.3 is 10.5 Å². The minimum absolute atomic E-state index is 0.438. The van der Waals surface area contributed by atoms with Gasteiger partial charge in [-0.15, -0.1) is 0 Å². The van der Waals surface area contributed by atoms with E-state index in [2.05, 4.69) is 12.2 Å². The quantitative estimate of drug-likeness (QED) is 0.597. The first kappa shape index (κ1) is 7.76. The molecule has 58 valence electrons. The van der Waals surface area contributed by atoms with E-state index in [4.69, 9.17) is 10.5 Å². The fourth-order valence-corrected chi connectivity index (χ4v) is 1.15. The highest BCUT2D eigenvalue weighted by Gasteiger charge is 2.08. The van der Waals surface area contributed by atoms with Crippen LogP contribution in [-0.4, -0.2) is 19.3 Å². The first-order chi connectivity index (χ1) is 4.93. The number of ether oxygens (including phenoxy) is 1. The zero-order valence-electron chi connectivity index (χ0n) is 6.25. The molecule has 0 saturated carbocycles. The van der Waals surface area contributed by atoms with Crippen molar-refractivity contribution in [3.8, 4) is 0 Å². The van der Waals surface area contributed by atoms with E-state index in [0.717, 1.165) is 19.3 Å². The highest BCUT2D eigenvalue weighted by Crippen LogP contribution is 2.13. The molecule has 0 radical (unpaired) electrons. The van der Waals surface area contributed by atoms with Crippen LogP contribution in [-0.2, 0) is 4.74 Å². The molecule has 1 atom stereocenters. The van der Waals surface area contributed by atoms with Crippen molar-refractivity contribution < 1.29 is 4.74 Å². The second-order valence-electron chi connectivity index (χ2n) is 2.57. The maximum Gasteiger partial charge on any atom is 0.0613 e. The van der Waals surface area contributed by atoms with E-state index in [0.29, 0.717) is 19.3 Å². The summed E-state index contributed by atoms with van der Waals surface area (Å²) in [6.07, 6.45) is 8.23. The van der Waals surface area contributed by atoms with Crippen molar-refractivity contribution in [2.45, 2.75) is 25.4 Å². The lowest BCUT2D eigenvalue weighted by Crippen LogP contribution is -2.18. The molecule has 10 heavy (non-hydrogen) atoms. The first-order valence-corrected chi connectivity index (χ1v) is 3.90. The van der Waals surface area contributed by atoms with Crippen LogP contribution in [0, 0.1) is 0 Å². The summed E-state index contributed by atoms with van der Waals surface area (Å²) < 4.78 is 5.46. The third-order valence-electron chi connectivity index (χ3n) is 1.69. The molecule has 0 aromatic heterocycles. The van der Waals surface area contributed by atoms with E-state index in [1.807, 2.05) is 0 Å². The lowest BCUT2D eigenvalue weighted by Gasteiger charge is -2.17. The van der Waals surface area contributed by atoms with Crippen LogP contribution in [0.4, 0.5) is 0 Å². The Balaban J connectivity index is 2.10. The SMILES string of the molecule is NCCOC1CC=CCC1. The molecule has 0 saturated heterocycles. The van der Waals surface area contributed by atoms with Crippen molar-refractivity contribution in [1.82, 2.24) is 0 Å². The Bertz CT molecular complexity index is 112. The van der Waals surface area contributed by atoms with Crippen LogP contribution in [0.25, 0.3) is 0 Å². The third-order valence-corrected chi connectivity index (χ3v) is 1.69. The molecule has 2 nitrogen and oxygen atoms in total. The molecule has 1 rings (SSSR count). The molecule has 1 aliphatic carbocycles. The second kappa shape index (κ2) is 4.47. The molecule has 0 amide bonds. The van der Waals surface area contributed by atoms with E-state index >= 15 is 0 Å². The fraction of sp³-hybridized carbons (Fsp3) is 0.750. The minimum atomic E-state index is 0.438. The number of allylic oxidation sites excluding steroid dienone is 1. The van der Waals surface area contributed by atoms with Gasteiger partial charge in [-0.1, -0.05) is 12.2 Å². The Hall–Kier alpha value is -0.340. The van der Waals surface area contributed by atoms with Gasteiger partial charge >= 0.3 is 0 Å². The van der Waals surface area contributed by atoms with Gasteiger partial charge in [-0.3, -0.25) is 0 Å². The largest absolute Gasteiger partial charge is 0.377 e. The Kier molecular flexibility index (Phi) is 3.47. The summed E-state index contributed by atoms with van der Waals surface area (Å²) in [6.45, 7) is 1.35. The topological polar surface area (TPSA) is 35.2 Å². The third kappa shape index (κ3) is 2.50. The van der Waals surface area contributed by atoms with E-state index in [-0.39, 0.29) is 0 Å². The van der Waals surface area contributed by atoms with Crippen LogP contribution in [0.1, 0.15) is 19.3 Å². The average molecular weight is 141 g/mol. The van der Waals surface area contributed by atoms with Gasteiger partial charge in [0.15, 0.2) is 0 Å². The zero-order chi connectivity index (χ0) is 7.23. The average Bonchev–Trinajstić information content (AvgIpc) is 2.03. The maximum atomic E-state index is 5.46. The van der Waals surface area contributed by atoms with Crippen LogP contribution >= 0.6 is 0 Å². The van der Waals surface area contributed by atoms with Gasteiger partial charge in [0.05, 0.1) is 12.7 Å². The van der Waals surface area contributed by atoms with Crippen molar-refractivity contribution in [2.24, 2.45) is 5.73 Å². The fourth-order valence-electron chi connectivity index (χ4n) is 1.15. The van der Waals surface area contributed by atoms with Gasteiger partial charge in [-0.05, 0) is 19.3 Å². The van der Waals surface area contributed by atoms with E-state index < -0.39 is 0 Å². The summed E-state index contributed by atoms with van der Waals surface area (Å²) in [4.78, 5) is 0. The highest BCUT2D eigenvalue weighted by atomic mass is 16.5. The van der Waals surface area contributed by atoms with E-state index in [1.165, 1.54) is 0 Å². The Labute approximate surface area is 62.1 Å². The zero-order valence-corrected chi connectivity index (χ0v) is 6.25. The summed E-state index contributed by atoms with van der Waals surface area (Å²) in [5.74, 6) is 0. The number of hydrogen-bond donors (Lipinski definition) is 1. The maximum absolute atomic E-state index is 5.46. The summed E-state index contributed by atoms with van der Waals surface area (Å²) >= 11 is 0. The van der Waals surface area contributed by atoms with Gasteiger partial charge in [0.25, 0.3) is 0 Å². The monoisotopic (exact) mass is 141 g/mol. The molecule has 2 N–H and O–H groups in total. The molecular formula is C8H15NO. The predicted molar refractivity (Wildman–Crippen MR) is 41.8 cm³/mol. The summed E-state index contributed by atoms with van der Waals surface area (Å²) in [5, 5.41) is 0. The molecule has 0 aliphatic heterocycles. The van der Waals surface area contributed by atoms with E-state index in [1.54, 1.807) is 0 Å². The molecule has 2 heteroatoms. The predicted octanol–water partition coefficient (Wildman–Crippen LogP) is 1.07. The molecule has 0 aromatic rings. The Morgan fingerprint density at radius 1 is 1.50 bits per heavy atom. The molecule has 0 aromatic carbocycles. The molecule has 1 aliphatic rings. The Morgan fingerprint density at radius 2 is 2.40 bits per heavy atom. The highest BCUT2D eigenvalue weighted by molar-refractivity contribution is 4.90. The van der Waals surface area contributed by atoms with Gasteiger partial charge in [-0.2, -0.15) is 0 Å². The molecule has 0 heterocycles. The normalized spacial score (nSPS) is 25.1. The Morgan fingerprint density at radius 3 is 3.00 bits per heavy atom.